The number of carbonyl (C=O) groups is 8. The Kier molecular flexibility index (Phi) is 25.7. The zero-order chi connectivity index (χ0) is 80.2. The normalized spacial score (nSPS) is 13.8. The van der Waals surface area contributed by atoms with Crippen LogP contribution in [0.5, 0.6) is 23.5 Å². The number of nitrogens with one attached hydrogen (secondary N) is 2. The molecule has 2 aliphatic heterocycles. The van der Waals surface area contributed by atoms with Gasteiger partial charge in [0, 0.05) is 84.6 Å². The SMILES string of the molecule is CCCC(CCC)(CCNC(=O)c1cccc(C(=O)NC(CC)(CCN(C(=O)CC)c2cc(O)n(-c3c(C)cc(Cc4cc(C)c(N5C(=O)C=CC5=O)c(C(C)C)c4)cc3C(C)C)c2O)C(C)C)c1)N(C(=O)CC)c1cc(O)n(-c2c(C)cc(Cc3cc(C)c(N4C(=O)C=CC4=O)c(C(C)C)c3)cc2C(C)C)c1O. The molecule has 0 radical (unpaired) electrons. The summed E-state index contributed by atoms with van der Waals surface area (Å²) >= 11 is 0. The minimum absolute atomic E-state index is 0.00143. The average Bonchev–Trinajstić information content (AvgIpc) is 1.65. The quantitative estimate of drug-likeness (QED) is 0.0215. The van der Waals surface area contributed by atoms with Crippen molar-refractivity contribution in [3.05, 3.63) is 187 Å². The number of imide groups is 2. The molecule has 20 nitrogen and oxygen atoms in total. The molecule has 0 spiro atoms. The van der Waals surface area contributed by atoms with Gasteiger partial charge < -0.3 is 40.9 Å². The molecular weight excluding hydrogens is 1370 g/mol. The molecule has 7 aromatic rings. The summed E-state index contributed by atoms with van der Waals surface area (Å²) in [6.07, 6.45) is 9.57. The van der Waals surface area contributed by atoms with Crippen molar-refractivity contribution < 1.29 is 58.8 Å². The summed E-state index contributed by atoms with van der Waals surface area (Å²) in [5.74, 6) is -4.54. The topological polar surface area (TPSA) is 264 Å². The molecule has 1 unspecified atom stereocenters. The Morgan fingerprint density at radius 3 is 1.21 bits per heavy atom. The molecule has 4 heterocycles. The number of rotatable bonds is 32. The lowest BCUT2D eigenvalue weighted by Gasteiger charge is -2.44. The minimum Gasteiger partial charge on any atom is -0.494 e. The molecule has 20 heteroatoms. The van der Waals surface area contributed by atoms with Gasteiger partial charge in [0.25, 0.3) is 35.4 Å². The maximum atomic E-state index is 14.7. The van der Waals surface area contributed by atoms with Crippen molar-refractivity contribution in [2.24, 2.45) is 5.92 Å². The van der Waals surface area contributed by atoms with Gasteiger partial charge in [0.2, 0.25) is 35.3 Å². The number of nitrogens with zero attached hydrogens (tertiary/aromatic N) is 6. The highest BCUT2D eigenvalue weighted by Crippen LogP contribution is 2.48. The zero-order valence-electron chi connectivity index (χ0n) is 67.2. The fraction of sp³-hybridized carbons (Fsp3) is 0.438. The first-order valence-corrected chi connectivity index (χ1v) is 38.8. The maximum absolute atomic E-state index is 14.7. The van der Waals surface area contributed by atoms with Crippen LogP contribution in [0.15, 0.2) is 109 Å². The highest BCUT2D eigenvalue weighted by atomic mass is 16.3. The summed E-state index contributed by atoms with van der Waals surface area (Å²) in [4.78, 5) is 115. The Hall–Kier alpha value is -10.5. The van der Waals surface area contributed by atoms with Crippen LogP contribution in [0.2, 0.25) is 0 Å². The predicted molar refractivity (Wildman–Crippen MR) is 432 cm³/mol. The van der Waals surface area contributed by atoms with Gasteiger partial charge >= 0.3 is 0 Å². The van der Waals surface area contributed by atoms with Crippen molar-refractivity contribution in [3.8, 4) is 34.9 Å². The van der Waals surface area contributed by atoms with E-state index in [1.54, 1.807) is 36.9 Å². The Bertz CT molecular complexity index is 4710. The van der Waals surface area contributed by atoms with Crippen molar-refractivity contribution >= 4 is 70.0 Å². The van der Waals surface area contributed by atoms with Crippen LogP contribution in [0, 0.1) is 33.6 Å². The van der Waals surface area contributed by atoms with E-state index in [9.17, 15) is 58.8 Å². The summed E-state index contributed by atoms with van der Waals surface area (Å²) in [5.41, 5.74) is 11.6. The second kappa shape index (κ2) is 34.0. The van der Waals surface area contributed by atoms with E-state index in [0.717, 1.165) is 66.8 Å². The summed E-state index contributed by atoms with van der Waals surface area (Å²) in [7, 11) is 0. The molecule has 109 heavy (non-hydrogen) atoms. The number of anilines is 4. The largest absolute Gasteiger partial charge is 0.494 e. The third-order valence-corrected chi connectivity index (χ3v) is 22.0. The van der Waals surface area contributed by atoms with Crippen molar-refractivity contribution in [1.29, 1.82) is 0 Å². The van der Waals surface area contributed by atoms with Crippen molar-refractivity contribution in [3.63, 3.8) is 0 Å². The van der Waals surface area contributed by atoms with Crippen LogP contribution >= 0.6 is 0 Å². The van der Waals surface area contributed by atoms with E-state index in [-0.39, 0.29) is 150 Å². The van der Waals surface area contributed by atoms with E-state index in [1.165, 1.54) is 66.3 Å². The average molecular weight is 1490 g/mol. The Balaban J connectivity index is 0.926. The second-order valence-electron chi connectivity index (χ2n) is 31.3. The number of amides is 8. The van der Waals surface area contributed by atoms with Gasteiger partial charge in [0.1, 0.15) is 11.4 Å². The van der Waals surface area contributed by atoms with Gasteiger partial charge in [-0.15, -0.1) is 0 Å². The maximum Gasteiger partial charge on any atom is 0.258 e. The van der Waals surface area contributed by atoms with Gasteiger partial charge in [-0.3, -0.25) is 38.4 Å². The number of benzene rings is 5. The van der Waals surface area contributed by atoms with E-state index in [0.29, 0.717) is 67.7 Å². The first-order valence-electron chi connectivity index (χ1n) is 38.8. The minimum atomic E-state index is -0.948. The fourth-order valence-corrected chi connectivity index (χ4v) is 16.5. The number of aromatic nitrogens is 2. The van der Waals surface area contributed by atoms with Crippen LogP contribution in [0.1, 0.15) is 273 Å². The lowest BCUT2D eigenvalue weighted by atomic mass is 9.80. The second-order valence-corrected chi connectivity index (χ2v) is 31.3. The summed E-state index contributed by atoms with van der Waals surface area (Å²) < 4.78 is 2.79. The van der Waals surface area contributed by atoms with Crippen LogP contribution in [0.3, 0.4) is 0 Å². The van der Waals surface area contributed by atoms with Gasteiger partial charge in [-0.25, -0.2) is 18.9 Å². The number of carbonyl (C=O) groups excluding carboxylic acids is 8. The Labute approximate surface area is 642 Å². The standard InChI is InChI=1S/C89H112N8O12/c1-20-32-88(33-21-2,97(73(99)23-4)71-50-79(105)96(87(71)109)83-59(19)41-63(47-69(83)54(12)13)43-61-39-57(17)81(67(45-61)52(8)9)94-76(102)30-31-77(94)103)34-36-90-84(106)64-26-25-27-65(48-64)85(107)91-89(24-5,55(14)15)35-37-92(72(98)22-3)70-49-78(104)95(86(70)108)82-58(18)40-62(46-68(82)53(10)11)42-60-38-56(16)80(66(44-60)51(6)7)93-74(100)28-29-75(93)101/h25-31,38-41,44-55,104-105,108-109H,20-24,32-37,42-43H2,1-19H3,(H,90,106)(H,91,107). The molecule has 2 aromatic heterocycles. The van der Waals surface area contributed by atoms with Crippen LogP contribution in [0.25, 0.3) is 11.4 Å². The Morgan fingerprint density at radius 2 is 0.835 bits per heavy atom. The van der Waals surface area contributed by atoms with Crippen molar-refractivity contribution in [2.75, 3.05) is 32.7 Å². The molecule has 5 aromatic carbocycles. The van der Waals surface area contributed by atoms with Crippen LogP contribution in [0.4, 0.5) is 22.7 Å². The summed E-state index contributed by atoms with van der Waals surface area (Å²) in [6.45, 7) is 37.5. The van der Waals surface area contributed by atoms with E-state index < -0.39 is 22.9 Å². The van der Waals surface area contributed by atoms with Gasteiger partial charge in [-0.2, -0.15) is 0 Å². The zero-order valence-corrected chi connectivity index (χ0v) is 67.2. The monoisotopic (exact) mass is 1480 g/mol. The Morgan fingerprint density at radius 1 is 0.459 bits per heavy atom. The van der Waals surface area contributed by atoms with Gasteiger partial charge in [0.05, 0.1) is 22.7 Å². The first-order chi connectivity index (χ1) is 51.5. The highest BCUT2D eigenvalue weighted by Gasteiger charge is 2.43. The highest BCUT2D eigenvalue weighted by molar-refractivity contribution is 6.29. The predicted octanol–water partition coefficient (Wildman–Crippen LogP) is 17.1. The van der Waals surface area contributed by atoms with Gasteiger partial charge in [-0.05, 0) is 187 Å². The third kappa shape index (κ3) is 16.7. The summed E-state index contributed by atoms with van der Waals surface area (Å²) in [5, 5.41) is 55.4. The lowest BCUT2D eigenvalue weighted by molar-refractivity contribution is -0.121. The van der Waals surface area contributed by atoms with E-state index >= 15 is 0 Å². The first kappa shape index (κ1) is 82.6. The molecule has 1 atom stereocenters. The number of hydrogen-bond donors (Lipinski definition) is 6. The van der Waals surface area contributed by atoms with Crippen molar-refractivity contribution in [2.45, 2.75) is 237 Å². The molecule has 2 aliphatic rings. The van der Waals surface area contributed by atoms with Gasteiger partial charge in [-0.1, -0.05) is 171 Å². The molecular formula is C89H112N8O12. The lowest BCUT2D eigenvalue weighted by Crippen LogP contribution is -2.54. The molecule has 6 N–H and O–H groups in total. The van der Waals surface area contributed by atoms with E-state index in [4.69, 9.17) is 0 Å². The molecule has 0 aliphatic carbocycles. The summed E-state index contributed by atoms with van der Waals surface area (Å²) in [6, 6.07) is 25.6. The third-order valence-electron chi connectivity index (χ3n) is 22.0. The van der Waals surface area contributed by atoms with E-state index in [1.807, 2.05) is 148 Å². The van der Waals surface area contributed by atoms with E-state index in [2.05, 4.69) is 28.8 Å². The molecule has 0 fully saturated rings. The van der Waals surface area contributed by atoms with Crippen molar-refractivity contribution in [1.82, 2.24) is 19.8 Å². The van der Waals surface area contributed by atoms with Crippen LogP contribution < -0.4 is 30.2 Å². The number of aryl methyl sites for hydroxylation is 4. The smallest absolute Gasteiger partial charge is 0.258 e. The molecule has 0 saturated carbocycles. The number of hydrogen-bond acceptors (Lipinski definition) is 12. The molecule has 9 rings (SSSR count). The molecule has 0 bridgehead atoms. The van der Waals surface area contributed by atoms with Crippen LogP contribution in [-0.2, 0) is 41.6 Å². The number of aromatic hydroxyl groups is 4. The van der Waals surface area contributed by atoms with Crippen LogP contribution in [-0.4, -0.2) is 101 Å². The fourth-order valence-electron chi connectivity index (χ4n) is 16.5. The molecule has 0 saturated heterocycles. The molecule has 8 amide bonds. The van der Waals surface area contributed by atoms with Gasteiger partial charge in [0.15, 0.2) is 0 Å². The molecule has 580 valence electrons.